The summed E-state index contributed by atoms with van der Waals surface area (Å²) in [4.78, 5) is 28.6. The van der Waals surface area contributed by atoms with Gasteiger partial charge in [0.15, 0.2) is 0 Å². The molecular formula is C29H33BrClN3O4S. The van der Waals surface area contributed by atoms with Crippen LogP contribution in [0.4, 0.5) is 5.69 Å². The van der Waals surface area contributed by atoms with Crippen LogP contribution >= 0.6 is 27.5 Å². The van der Waals surface area contributed by atoms with Crippen molar-refractivity contribution in [2.75, 3.05) is 23.7 Å². The minimum absolute atomic E-state index is 0.0608. The van der Waals surface area contributed by atoms with E-state index in [1.54, 1.807) is 29.2 Å². The van der Waals surface area contributed by atoms with Gasteiger partial charge in [0.05, 0.1) is 11.9 Å². The number of anilines is 1. The molecule has 0 saturated carbocycles. The lowest BCUT2D eigenvalue weighted by Gasteiger charge is -2.32. The highest BCUT2D eigenvalue weighted by Crippen LogP contribution is 2.23. The Hall–Kier alpha value is -2.88. The molecule has 1 N–H and O–H groups in total. The Morgan fingerprint density at radius 1 is 0.974 bits per heavy atom. The van der Waals surface area contributed by atoms with Crippen molar-refractivity contribution in [2.24, 2.45) is 0 Å². The van der Waals surface area contributed by atoms with Crippen molar-refractivity contribution >= 4 is 55.1 Å². The number of rotatable bonds is 13. The lowest BCUT2D eigenvalue weighted by molar-refractivity contribution is -0.141. The molecule has 0 aliphatic carbocycles. The summed E-state index contributed by atoms with van der Waals surface area (Å²) in [7, 11) is -3.60. The second kappa shape index (κ2) is 14.5. The minimum atomic E-state index is -3.60. The molecule has 3 aromatic rings. The van der Waals surface area contributed by atoms with Gasteiger partial charge in [-0.3, -0.25) is 13.9 Å². The molecule has 2 amide bonds. The molecule has 7 nitrogen and oxygen atoms in total. The smallest absolute Gasteiger partial charge is 0.243 e. The molecule has 0 bridgehead atoms. The van der Waals surface area contributed by atoms with Crippen LogP contribution < -0.4 is 9.62 Å². The number of hydrogen-bond acceptors (Lipinski definition) is 4. The first-order valence-electron chi connectivity index (χ1n) is 12.7. The highest BCUT2D eigenvalue weighted by Gasteiger charge is 2.30. The maximum Gasteiger partial charge on any atom is 0.243 e. The van der Waals surface area contributed by atoms with Crippen molar-refractivity contribution in [1.82, 2.24) is 10.2 Å². The number of benzene rings is 3. The van der Waals surface area contributed by atoms with Crippen LogP contribution in [-0.2, 0) is 32.6 Å². The maximum atomic E-state index is 13.7. The topological polar surface area (TPSA) is 86.8 Å². The van der Waals surface area contributed by atoms with Crippen LogP contribution in [0, 0.1) is 0 Å². The van der Waals surface area contributed by atoms with Crippen molar-refractivity contribution < 1.29 is 18.0 Å². The zero-order chi connectivity index (χ0) is 28.4. The second-order valence-corrected chi connectivity index (χ2v) is 12.4. The molecule has 1 atom stereocenters. The zero-order valence-electron chi connectivity index (χ0n) is 22.0. The van der Waals surface area contributed by atoms with E-state index in [9.17, 15) is 18.0 Å². The summed E-state index contributed by atoms with van der Waals surface area (Å²) in [6.07, 6.45) is 1.80. The number of nitrogens with zero attached hydrogens (tertiary/aromatic N) is 2. The van der Waals surface area contributed by atoms with Crippen molar-refractivity contribution in [3.8, 4) is 0 Å². The standard InChI is InChI=1S/C29H33BrClN3O4S/c1-3-32-29(36)27(19-22-10-5-4-6-11-22)33(21-23-12-7-13-24(30)18-23)28(35)16-9-17-34(39(2,37)38)26-15-8-14-25(31)20-26/h4-8,10-15,18,20,27H,3,9,16-17,19,21H2,1-2H3,(H,32,36). The number of sulfonamides is 1. The lowest BCUT2D eigenvalue weighted by Crippen LogP contribution is -2.50. The van der Waals surface area contributed by atoms with Crippen molar-refractivity contribution in [2.45, 2.75) is 38.8 Å². The monoisotopic (exact) mass is 633 g/mol. The number of likely N-dealkylation sites (N-methyl/N-ethyl adjacent to an activating group) is 1. The molecule has 0 heterocycles. The predicted octanol–water partition coefficient (Wildman–Crippen LogP) is 5.42. The summed E-state index contributed by atoms with van der Waals surface area (Å²) in [5.41, 5.74) is 2.24. The molecule has 10 heteroatoms. The van der Waals surface area contributed by atoms with Gasteiger partial charge in [-0.05, 0) is 54.8 Å². The molecule has 3 aromatic carbocycles. The Kier molecular flexibility index (Phi) is 11.4. The first kappa shape index (κ1) is 30.7. The van der Waals surface area contributed by atoms with Gasteiger partial charge in [0.2, 0.25) is 21.8 Å². The molecule has 0 aliphatic heterocycles. The third kappa shape index (κ3) is 9.37. The Bertz CT molecular complexity index is 1370. The van der Waals surface area contributed by atoms with Gasteiger partial charge in [-0.15, -0.1) is 0 Å². The Balaban J connectivity index is 1.86. The fourth-order valence-electron chi connectivity index (χ4n) is 4.31. The van der Waals surface area contributed by atoms with E-state index in [1.807, 2.05) is 61.5 Å². The predicted molar refractivity (Wildman–Crippen MR) is 160 cm³/mol. The summed E-state index contributed by atoms with van der Waals surface area (Å²) in [6.45, 7) is 2.61. The van der Waals surface area contributed by atoms with Gasteiger partial charge in [0.1, 0.15) is 6.04 Å². The van der Waals surface area contributed by atoms with Crippen LogP contribution in [0.15, 0.2) is 83.3 Å². The van der Waals surface area contributed by atoms with E-state index in [2.05, 4.69) is 21.2 Å². The molecule has 0 aromatic heterocycles. The number of hydrogen-bond donors (Lipinski definition) is 1. The van der Waals surface area contributed by atoms with E-state index < -0.39 is 16.1 Å². The molecule has 0 radical (unpaired) electrons. The zero-order valence-corrected chi connectivity index (χ0v) is 25.2. The van der Waals surface area contributed by atoms with E-state index >= 15 is 0 Å². The fourth-order valence-corrected chi connectivity index (χ4v) is 5.90. The summed E-state index contributed by atoms with van der Waals surface area (Å²) >= 11 is 9.57. The second-order valence-electron chi connectivity index (χ2n) is 9.17. The van der Waals surface area contributed by atoms with Crippen molar-refractivity contribution in [3.05, 3.63) is 99.5 Å². The van der Waals surface area contributed by atoms with Crippen LogP contribution in [0.25, 0.3) is 0 Å². The molecule has 0 fully saturated rings. The highest BCUT2D eigenvalue weighted by molar-refractivity contribution is 9.10. The van der Waals surface area contributed by atoms with Gasteiger partial charge in [0, 0.05) is 42.0 Å². The van der Waals surface area contributed by atoms with E-state index in [0.717, 1.165) is 21.9 Å². The van der Waals surface area contributed by atoms with E-state index in [4.69, 9.17) is 11.6 Å². The van der Waals surface area contributed by atoms with Crippen LogP contribution in [-0.4, -0.2) is 50.5 Å². The fraction of sp³-hybridized carbons (Fsp3) is 0.310. The van der Waals surface area contributed by atoms with Crippen LogP contribution in [0.5, 0.6) is 0 Å². The Morgan fingerprint density at radius 3 is 2.31 bits per heavy atom. The molecule has 0 spiro atoms. The molecule has 0 saturated heterocycles. The quantitative estimate of drug-likeness (QED) is 0.272. The number of nitrogens with one attached hydrogen (secondary N) is 1. The lowest BCUT2D eigenvalue weighted by atomic mass is 10.0. The van der Waals surface area contributed by atoms with Gasteiger partial charge in [0.25, 0.3) is 0 Å². The van der Waals surface area contributed by atoms with E-state index in [0.29, 0.717) is 23.7 Å². The molecule has 0 aliphatic rings. The van der Waals surface area contributed by atoms with Gasteiger partial charge >= 0.3 is 0 Å². The molecular weight excluding hydrogens is 602 g/mol. The van der Waals surface area contributed by atoms with Crippen LogP contribution in [0.1, 0.15) is 30.9 Å². The van der Waals surface area contributed by atoms with Crippen LogP contribution in [0.2, 0.25) is 5.02 Å². The summed E-state index contributed by atoms with van der Waals surface area (Å²) in [6, 6.07) is 23.0. The SMILES string of the molecule is CCNC(=O)C(Cc1ccccc1)N(Cc1cccc(Br)c1)C(=O)CCCN(c1cccc(Cl)c1)S(C)(=O)=O. The minimum Gasteiger partial charge on any atom is -0.355 e. The van der Waals surface area contributed by atoms with Gasteiger partial charge in [-0.25, -0.2) is 8.42 Å². The average molecular weight is 635 g/mol. The van der Waals surface area contributed by atoms with Crippen molar-refractivity contribution in [3.63, 3.8) is 0 Å². The summed E-state index contributed by atoms with van der Waals surface area (Å²) < 4.78 is 27.2. The number of halogens is 2. The van der Waals surface area contributed by atoms with Crippen molar-refractivity contribution in [1.29, 1.82) is 0 Å². The third-order valence-corrected chi connectivity index (χ3v) is 8.03. The number of carbonyl (C=O) groups excluding carboxylic acids is 2. The first-order chi connectivity index (χ1) is 18.6. The Labute approximate surface area is 244 Å². The van der Waals surface area contributed by atoms with Gasteiger partial charge in [-0.2, -0.15) is 0 Å². The maximum absolute atomic E-state index is 13.7. The molecule has 3 rings (SSSR count). The highest BCUT2D eigenvalue weighted by atomic mass is 79.9. The normalized spacial score (nSPS) is 12.0. The summed E-state index contributed by atoms with van der Waals surface area (Å²) in [5.74, 6) is -0.469. The largest absolute Gasteiger partial charge is 0.355 e. The third-order valence-electron chi connectivity index (χ3n) is 6.11. The van der Waals surface area contributed by atoms with Gasteiger partial charge in [-0.1, -0.05) is 76.1 Å². The Morgan fingerprint density at radius 2 is 1.67 bits per heavy atom. The summed E-state index contributed by atoms with van der Waals surface area (Å²) in [5, 5.41) is 3.30. The first-order valence-corrected chi connectivity index (χ1v) is 15.7. The average Bonchev–Trinajstić information content (AvgIpc) is 2.88. The van der Waals surface area contributed by atoms with E-state index in [-0.39, 0.29) is 37.7 Å². The molecule has 208 valence electrons. The molecule has 1 unspecified atom stereocenters. The van der Waals surface area contributed by atoms with Gasteiger partial charge < -0.3 is 10.2 Å². The molecule has 39 heavy (non-hydrogen) atoms. The number of carbonyl (C=O) groups is 2. The van der Waals surface area contributed by atoms with E-state index in [1.165, 1.54) is 4.31 Å². The number of amides is 2. The van der Waals surface area contributed by atoms with Crippen LogP contribution in [0.3, 0.4) is 0 Å².